The minimum Gasteiger partial charge on any atom is -0.371 e. The normalized spacial score (nSPS) is 13.4. The van der Waals surface area contributed by atoms with Crippen molar-refractivity contribution >= 4 is 16.9 Å². The maximum absolute atomic E-state index is 12.6. The third-order valence-corrected chi connectivity index (χ3v) is 8.68. The van der Waals surface area contributed by atoms with Crippen LogP contribution in [0.15, 0.2) is 127 Å². The molecule has 0 aliphatic carbocycles. The van der Waals surface area contributed by atoms with E-state index in [0.29, 0.717) is 11.1 Å². The van der Waals surface area contributed by atoms with E-state index in [4.69, 9.17) is 4.29 Å². The number of allylic oxidation sites excluding steroid dienone is 2. The molecule has 4 aromatic rings. The summed E-state index contributed by atoms with van der Waals surface area (Å²) in [6, 6.07) is 35.3. The van der Waals surface area contributed by atoms with E-state index in [9.17, 15) is 14.0 Å². The lowest BCUT2D eigenvalue weighted by Crippen LogP contribution is -2.64. The van der Waals surface area contributed by atoms with Crippen molar-refractivity contribution in [1.82, 2.24) is 0 Å². The van der Waals surface area contributed by atoms with Crippen LogP contribution in [0.1, 0.15) is 75.6 Å². The maximum Gasteiger partial charge on any atom is 0.294 e. The zero-order chi connectivity index (χ0) is 34.4. The summed E-state index contributed by atoms with van der Waals surface area (Å²) in [7, 11) is -4.84. The van der Waals surface area contributed by atoms with Gasteiger partial charge in [0, 0.05) is 54.2 Å². The molecule has 0 N–H and O–H groups in total. The molecule has 0 saturated carbocycles. The van der Waals surface area contributed by atoms with Crippen LogP contribution >= 0.6 is 0 Å². The van der Waals surface area contributed by atoms with Crippen LogP contribution in [-0.4, -0.2) is 26.2 Å². The number of hydrogen-bond acceptors (Lipinski definition) is 6. The fraction of sp³-hybridized carbons (Fsp3) is 0.317. The summed E-state index contributed by atoms with van der Waals surface area (Å²) in [5.41, 5.74) is 4.37. The summed E-state index contributed by atoms with van der Waals surface area (Å²) in [5.74, 6) is 0. The van der Waals surface area contributed by atoms with Gasteiger partial charge in [-0.2, -0.15) is 14.0 Å². The van der Waals surface area contributed by atoms with E-state index in [1.54, 1.807) is 18.2 Å². The van der Waals surface area contributed by atoms with Crippen LogP contribution in [-0.2, 0) is 9.89 Å². The highest BCUT2D eigenvalue weighted by molar-refractivity contribution is 5.87. The molecule has 1 unspecified atom stereocenters. The molecule has 0 aromatic heterocycles. The molecule has 0 spiro atoms. The van der Waals surface area contributed by atoms with Gasteiger partial charge in [-0.3, -0.25) is 0 Å². The molecule has 0 saturated heterocycles. The van der Waals surface area contributed by atoms with Crippen LogP contribution in [0.5, 0.6) is 0 Å². The summed E-state index contributed by atoms with van der Waals surface area (Å²) in [6.45, 7) is 12.0. The maximum atomic E-state index is 12.6. The minimum absolute atomic E-state index is 0.528. The Labute approximate surface area is 289 Å². The molecule has 0 aliphatic heterocycles. The molecule has 48 heavy (non-hydrogen) atoms. The lowest BCUT2D eigenvalue weighted by atomic mass is 9.84. The van der Waals surface area contributed by atoms with Crippen molar-refractivity contribution in [3.63, 3.8) is 0 Å². The Morgan fingerprint density at radius 3 is 1.67 bits per heavy atom. The highest BCUT2D eigenvalue weighted by atomic mass is 35.7. The number of anilines is 2. The number of para-hydroxylation sites is 2. The molecule has 1 atom stereocenters. The summed E-state index contributed by atoms with van der Waals surface area (Å²) in [5, 5.41) is 0. The van der Waals surface area contributed by atoms with Gasteiger partial charge in [0.1, 0.15) is 0 Å². The number of halogens is 1. The predicted molar refractivity (Wildman–Crippen MR) is 189 cm³/mol. The highest BCUT2D eigenvalue weighted by Crippen LogP contribution is 2.42. The summed E-state index contributed by atoms with van der Waals surface area (Å²) in [4.78, 5) is 4.65. The second-order valence-electron chi connectivity index (χ2n) is 11.9. The molecule has 254 valence electrons. The third-order valence-electron chi connectivity index (χ3n) is 8.25. The van der Waals surface area contributed by atoms with Crippen molar-refractivity contribution in [2.24, 2.45) is 0 Å². The first-order valence-corrected chi connectivity index (χ1v) is 18.3. The van der Waals surface area contributed by atoms with E-state index in [1.165, 1.54) is 0 Å². The fourth-order valence-corrected chi connectivity index (χ4v) is 6.87. The molecule has 6 nitrogen and oxygen atoms in total. The van der Waals surface area contributed by atoms with Gasteiger partial charge in [0.2, 0.25) is 0 Å². The van der Waals surface area contributed by atoms with E-state index in [0.717, 1.165) is 79.9 Å². The SMILES string of the molecule is CCCN(CCC)c1ccccc1C(=CC=CC(O[Cl+3]([O-])([O-])[O-])(c1ccccc1)c1ccccc1N(CCC)CCC)c1ccccc1. The van der Waals surface area contributed by atoms with E-state index in [1.807, 2.05) is 78.9 Å². The zero-order valence-electron chi connectivity index (χ0n) is 28.7. The quantitative estimate of drug-likeness (QED) is 0.109. The first-order chi connectivity index (χ1) is 23.3. The van der Waals surface area contributed by atoms with Crippen LogP contribution in [0.2, 0.25) is 0 Å². The van der Waals surface area contributed by atoms with Crippen LogP contribution in [0.4, 0.5) is 11.4 Å². The molecule has 0 radical (unpaired) electrons. The van der Waals surface area contributed by atoms with Gasteiger partial charge in [0.05, 0.1) is 14.5 Å². The van der Waals surface area contributed by atoms with Gasteiger partial charge in [-0.15, -0.1) is 0 Å². The Hall–Kier alpha value is -3.91. The Morgan fingerprint density at radius 2 is 1.10 bits per heavy atom. The number of benzene rings is 4. The fourth-order valence-electron chi connectivity index (χ4n) is 6.35. The molecule has 4 aromatic carbocycles. The lowest BCUT2D eigenvalue weighted by Gasteiger charge is -2.33. The molecule has 4 rings (SSSR count). The van der Waals surface area contributed by atoms with Crippen molar-refractivity contribution in [2.45, 2.75) is 59.0 Å². The molecule has 0 amide bonds. The number of hydrogen-bond donors (Lipinski definition) is 0. The second kappa shape index (κ2) is 18.0. The van der Waals surface area contributed by atoms with Crippen molar-refractivity contribution < 1.29 is 28.5 Å². The molecule has 0 aliphatic rings. The van der Waals surface area contributed by atoms with E-state index < -0.39 is 15.8 Å². The van der Waals surface area contributed by atoms with Crippen molar-refractivity contribution in [2.75, 3.05) is 36.0 Å². The Bertz CT molecular complexity index is 1590. The van der Waals surface area contributed by atoms with Crippen LogP contribution in [0.3, 0.4) is 0 Å². The average Bonchev–Trinajstić information content (AvgIpc) is 3.10. The Balaban J connectivity index is 2.01. The second-order valence-corrected chi connectivity index (χ2v) is 12.8. The zero-order valence-corrected chi connectivity index (χ0v) is 29.4. The summed E-state index contributed by atoms with van der Waals surface area (Å²) in [6.07, 6.45) is 9.38. The van der Waals surface area contributed by atoms with Gasteiger partial charge in [0.25, 0.3) is 5.60 Å². The van der Waals surface area contributed by atoms with Gasteiger partial charge in [-0.25, -0.2) is 0 Å². The minimum atomic E-state index is -4.84. The van der Waals surface area contributed by atoms with Gasteiger partial charge in [0.15, 0.2) is 0 Å². The number of nitrogens with zero attached hydrogens (tertiary/aromatic N) is 2. The standard InChI is InChI=1S/C41H49ClN2O4/c1-5-30-43(31-6-2)39-27-17-15-24-37(39)36(34-20-11-9-12-21-34)25-19-29-41(48-42(45,46)47,35-22-13-10-14-23-35)38-26-16-18-28-40(38)44(32-7-3)33-8-4/h9-29H,5-8,30-33H2,1-4H3. The molecule has 7 heteroatoms. The third kappa shape index (κ3) is 9.37. The average molecular weight is 669 g/mol. The van der Waals surface area contributed by atoms with Gasteiger partial charge in [-0.05, 0) is 55.0 Å². The van der Waals surface area contributed by atoms with Gasteiger partial charge < -0.3 is 9.80 Å². The van der Waals surface area contributed by atoms with Gasteiger partial charge in [-0.1, -0.05) is 137 Å². The predicted octanol–water partition coefficient (Wildman–Crippen LogP) is 6.79. The molecular formula is C41H49ClN2O4. The van der Waals surface area contributed by atoms with Crippen LogP contribution in [0, 0.1) is 10.2 Å². The lowest BCUT2D eigenvalue weighted by molar-refractivity contribution is -1.92. The smallest absolute Gasteiger partial charge is 0.294 e. The molecule has 0 fully saturated rings. The summed E-state index contributed by atoms with van der Waals surface area (Å²) >= 11 is 0. The van der Waals surface area contributed by atoms with Crippen molar-refractivity contribution in [3.05, 3.63) is 150 Å². The first kappa shape index (κ1) is 36.9. The largest absolute Gasteiger partial charge is 0.371 e. The Morgan fingerprint density at radius 1 is 0.625 bits per heavy atom. The first-order valence-electron chi connectivity index (χ1n) is 17.1. The van der Waals surface area contributed by atoms with Crippen LogP contribution in [0.25, 0.3) is 5.57 Å². The molecule has 0 bridgehead atoms. The van der Waals surface area contributed by atoms with E-state index in [2.05, 4.69) is 67.8 Å². The van der Waals surface area contributed by atoms with E-state index >= 15 is 0 Å². The van der Waals surface area contributed by atoms with Crippen molar-refractivity contribution in [1.29, 1.82) is 0 Å². The van der Waals surface area contributed by atoms with E-state index in [-0.39, 0.29) is 0 Å². The topological polar surface area (TPSA) is 84.9 Å². The monoisotopic (exact) mass is 668 g/mol. The van der Waals surface area contributed by atoms with Gasteiger partial charge >= 0.3 is 0 Å². The van der Waals surface area contributed by atoms with Crippen molar-refractivity contribution in [3.8, 4) is 0 Å². The number of rotatable bonds is 18. The highest BCUT2D eigenvalue weighted by Gasteiger charge is 2.49. The molecular weight excluding hydrogens is 620 g/mol. The van der Waals surface area contributed by atoms with Crippen LogP contribution < -0.4 is 23.8 Å². The molecule has 0 heterocycles. The Kier molecular flexibility index (Phi) is 13.9. The summed E-state index contributed by atoms with van der Waals surface area (Å²) < 4.78 is 43.6.